The Hall–Kier alpha value is -3.04. The molecule has 0 saturated heterocycles. The quantitative estimate of drug-likeness (QED) is 0.274. The lowest BCUT2D eigenvalue weighted by molar-refractivity contribution is 0.596. The van der Waals surface area contributed by atoms with E-state index in [-0.39, 0.29) is 5.41 Å². The third-order valence-electron chi connectivity index (χ3n) is 6.09. The maximum absolute atomic E-state index is 4.76. The maximum atomic E-state index is 4.76. The van der Waals surface area contributed by atoms with Crippen LogP contribution in [0.1, 0.15) is 45.9 Å². The molecule has 166 valence electrons. The van der Waals surface area contributed by atoms with Crippen LogP contribution in [0.5, 0.6) is 0 Å². The van der Waals surface area contributed by atoms with Gasteiger partial charge in [0, 0.05) is 28.5 Å². The number of nitrogens with zero attached hydrogens (tertiary/aromatic N) is 2. The first kappa shape index (κ1) is 21.8. The minimum absolute atomic E-state index is 0.0550. The highest BCUT2D eigenvalue weighted by atomic mass is 32.1. The normalized spacial score (nSPS) is 12.2. The second-order valence-electron chi connectivity index (χ2n) is 10.3. The first-order valence-electron chi connectivity index (χ1n) is 11.7. The van der Waals surface area contributed by atoms with Crippen LogP contribution >= 0.6 is 11.3 Å². The third-order valence-corrected chi connectivity index (χ3v) is 7.22. The van der Waals surface area contributed by atoms with E-state index in [0.29, 0.717) is 5.92 Å². The molecule has 0 radical (unpaired) electrons. The number of aromatic nitrogens is 2. The first-order chi connectivity index (χ1) is 15.8. The Morgan fingerprint density at radius 1 is 0.848 bits per heavy atom. The summed E-state index contributed by atoms with van der Waals surface area (Å²) in [7, 11) is 0. The standard InChI is InChI=1S/C30H30N2S/c1-19(2)12-24-14-23-17-28(33-29(23)18-32-24)21-10-11-31-27(16-21)22-13-20-8-6-7-9-25(20)26(15-22)30(3,4)5/h6-11,13-19H,12H2,1-5H3. The number of hydrogen-bond donors (Lipinski definition) is 0. The number of hydrogen-bond acceptors (Lipinski definition) is 3. The molecule has 0 aliphatic carbocycles. The lowest BCUT2D eigenvalue weighted by atomic mass is 9.82. The second-order valence-corrected chi connectivity index (χ2v) is 11.4. The van der Waals surface area contributed by atoms with E-state index in [0.717, 1.165) is 12.1 Å². The summed E-state index contributed by atoms with van der Waals surface area (Å²) in [6, 6.07) is 22.1. The van der Waals surface area contributed by atoms with Gasteiger partial charge in [0.2, 0.25) is 0 Å². The number of fused-ring (bicyclic) bond motifs is 2. The van der Waals surface area contributed by atoms with Crippen LogP contribution in [0.25, 0.3) is 42.6 Å². The van der Waals surface area contributed by atoms with Crippen LogP contribution in [0, 0.1) is 5.92 Å². The van der Waals surface area contributed by atoms with Crippen LogP contribution < -0.4 is 0 Å². The van der Waals surface area contributed by atoms with Gasteiger partial charge >= 0.3 is 0 Å². The predicted octanol–water partition coefficient (Wildman–Crippen LogP) is 8.67. The van der Waals surface area contributed by atoms with E-state index < -0.39 is 0 Å². The molecule has 0 atom stereocenters. The lowest BCUT2D eigenvalue weighted by Gasteiger charge is -2.22. The fourth-order valence-corrected chi connectivity index (χ4v) is 5.49. The molecule has 3 heterocycles. The van der Waals surface area contributed by atoms with E-state index in [9.17, 15) is 0 Å². The summed E-state index contributed by atoms with van der Waals surface area (Å²) in [6.45, 7) is 11.3. The Kier molecular flexibility index (Phi) is 5.54. The monoisotopic (exact) mass is 450 g/mol. The molecule has 2 nitrogen and oxygen atoms in total. The predicted molar refractivity (Wildman–Crippen MR) is 143 cm³/mol. The van der Waals surface area contributed by atoms with E-state index in [2.05, 4.69) is 100 Å². The van der Waals surface area contributed by atoms with Gasteiger partial charge in [0.15, 0.2) is 0 Å². The van der Waals surface area contributed by atoms with Crippen molar-refractivity contribution in [3.8, 4) is 21.7 Å². The smallest absolute Gasteiger partial charge is 0.0708 e. The Labute approximate surface area is 200 Å². The molecule has 5 rings (SSSR count). The van der Waals surface area contributed by atoms with Crippen LogP contribution in [0.4, 0.5) is 0 Å². The highest BCUT2D eigenvalue weighted by Crippen LogP contribution is 2.37. The van der Waals surface area contributed by atoms with Gasteiger partial charge in [-0.3, -0.25) is 9.97 Å². The van der Waals surface area contributed by atoms with Crippen molar-refractivity contribution in [2.45, 2.75) is 46.5 Å². The van der Waals surface area contributed by atoms with Crippen molar-refractivity contribution in [3.63, 3.8) is 0 Å². The Bertz CT molecular complexity index is 1450. The van der Waals surface area contributed by atoms with Crippen LogP contribution in [0.15, 0.2) is 73.1 Å². The van der Waals surface area contributed by atoms with Gasteiger partial charge in [-0.25, -0.2) is 0 Å². The van der Waals surface area contributed by atoms with Crippen molar-refractivity contribution < 1.29 is 0 Å². The van der Waals surface area contributed by atoms with Gasteiger partial charge in [-0.1, -0.05) is 58.9 Å². The molecule has 2 aromatic carbocycles. The van der Waals surface area contributed by atoms with Gasteiger partial charge in [0.05, 0.1) is 10.4 Å². The highest BCUT2D eigenvalue weighted by molar-refractivity contribution is 7.22. The zero-order chi connectivity index (χ0) is 23.2. The molecule has 3 heteroatoms. The topological polar surface area (TPSA) is 25.8 Å². The molecule has 0 unspecified atom stereocenters. The Morgan fingerprint density at radius 3 is 2.45 bits per heavy atom. The lowest BCUT2D eigenvalue weighted by Crippen LogP contribution is -2.12. The van der Waals surface area contributed by atoms with E-state index in [1.807, 2.05) is 12.4 Å². The van der Waals surface area contributed by atoms with Crippen molar-refractivity contribution in [2.24, 2.45) is 5.92 Å². The molecule has 0 bridgehead atoms. The molecular weight excluding hydrogens is 420 g/mol. The molecule has 0 saturated carbocycles. The second kappa shape index (κ2) is 8.39. The Morgan fingerprint density at radius 2 is 1.67 bits per heavy atom. The van der Waals surface area contributed by atoms with E-state index >= 15 is 0 Å². The van der Waals surface area contributed by atoms with Gasteiger partial charge in [-0.2, -0.15) is 0 Å². The molecule has 0 fully saturated rings. The van der Waals surface area contributed by atoms with Crippen molar-refractivity contribution in [1.82, 2.24) is 9.97 Å². The van der Waals surface area contributed by atoms with Crippen LogP contribution in [0.3, 0.4) is 0 Å². The molecule has 0 aliphatic rings. The van der Waals surface area contributed by atoms with Gasteiger partial charge in [-0.05, 0) is 81.4 Å². The average Bonchev–Trinajstić information content (AvgIpc) is 3.21. The summed E-state index contributed by atoms with van der Waals surface area (Å²) in [5.41, 5.74) is 5.97. The van der Waals surface area contributed by atoms with Crippen LogP contribution in [0.2, 0.25) is 0 Å². The zero-order valence-corrected chi connectivity index (χ0v) is 20.8. The molecule has 3 aromatic heterocycles. The average molecular weight is 451 g/mol. The molecule has 0 spiro atoms. The molecule has 0 N–H and O–H groups in total. The van der Waals surface area contributed by atoms with Gasteiger partial charge in [0.25, 0.3) is 0 Å². The number of benzene rings is 2. The van der Waals surface area contributed by atoms with Crippen molar-refractivity contribution in [2.75, 3.05) is 0 Å². The highest BCUT2D eigenvalue weighted by Gasteiger charge is 2.19. The molecule has 33 heavy (non-hydrogen) atoms. The van der Waals surface area contributed by atoms with Crippen molar-refractivity contribution in [1.29, 1.82) is 0 Å². The maximum Gasteiger partial charge on any atom is 0.0708 e. The molecular formula is C30H30N2S. The summed E-state index contributed by atoms with van der Waals surface area (Å²) in [6.07, 6.45) is 4.98. The minimum atomic E-state index is 0.0550. The first-order valence-corrected chi connectivity index (χ1v) is 12.5. The minimum Gasteiger partial charge on any atom is -0.260 e. The molecule has 5 aromatic rings. The van der Waals surface area contributed by atoms with E-state index in [1.165, 1.54) is 48.1 Å². The summed E-state index contributed by atoms with van der Waals surface area (Å²) in [5, 5.41) is 3.86. The van der Waals surface area contributed by atoms with Gasteiger partial charge in [-0.15, -0.1) is 11.3 Å². The van der Waals surface area contributed by atoms with Crippen LogP contribution in [-0.2, 0) is 11.8 Å². The van der Waals surface area contributed by atoms with Crippen molar-refractivity contribution in [3.05, 3.63) is 84.3 Å². The van der Waals surface area contributed by atoms with Crippen LogP contribution in [-0.4, -0.2) is 9.97 Å². The largest absolute Gasteiger partial charge is 0.260 e. The summed E-state index contributed by atoms with van der Waals surface area (Å²) in [4.78, 5) is 10.7. The Balaban J connectivity index is 1.58. The fraction of sp³-hybridized carbons (Fsp3) is 0.267. The van der Waals surface area contributed by atoms with E-state index in [1.54, 1.807) is 11.3 Å². The SMILES string of the molecule is CC(C)Cc1cc2cc(-c3ccnc(-c4cc(C(C)(C)C)c5ccccc5c4)c3)sc2cn1. The number of thiophene rings is 1. The number of rotatable bonds is 4. The van der Waals surface area contributed by atoms with Gasteiger partial charge < -0.3 is 0 Å². The third kappa shape index (κ3) is 4.43. The number of pyridine rings is 2. The zero-order valence-electron chi connectivity index (χ0n) is 20.0. The fourth-order valence-electron chi connectivity index (χ4n) is 4.48. The van der Waals surface area contributed by atoms with Gasteiger partial charge in [0.1, 0.15) is 0 Å². The summed E-state index contributed by atoms with van der Waals surface area (Å²) in [5.74, 6) is 0.607. The molecule has 0 aliphatic heterocycles. The van der Waals surface area contributed by atoms with Crippen molar-refractivity contribution >= 4 is 32.2 Å². The summed E-state index contributed by atoms with van der Waals surface area (Å²) < 4.78 is 1.23. The molecule has 0 amide bonds. The summed E-state index contributed by atoms with van der Waals surface area (Å²) >= 11 is 1.80. The van der Waals surface area contributed by atoms with E-state index in [4.69, 9.17) is 4.98 Å².